The number of benzene rings is 8. The molecule has 0 aliphatic heterocycles. The molecule has 0 saturated carbocycles. The lowest BCUT2D eigenvalue weighted by Crippen LogP contribution is -2.16. The van der Waals surface area contributed by atoms with Crippen molar-refractivity contribution in [1.29, 1.82) is 0 Å². The van der Waals surface area contributed by atoms with Crippen molar-refractivity contribution in [1.82, 2.24) is 18.9 Å². The Balaban J connectivity index is 1.34. The standard InChI is InChI=1S/C51H32N4/c1-51(2)38-23-10-8-18-32(38)37-28-42-44-43-34(36-22-12-21-35-33-19-9-11-24-40(33)55(48(35)36)49(44)45(37)51)20-13-25-41(43)54(42)50-46(30-15-4-3-5-16-30)52-39-27-26-29-14-6-7-17-31(29)47(39)53-50/h3-28H,1-2H3. The number of fused-ring (bicyclic) bond motifs is 12. The molecule has 0 fully saturated rings. The van der Waals surface area contributed by atoms with Gasteiger partial charge in [0.2, 0.25) is 0 Å². The quantitative estimate of drug-likeness (QED) is 0.168. The fraction of sp³-hybridized carbons (Fsp3) is 0.0588. The van der Waals surface area contributed by atoms with Gasteiger partial charge in [-0.25, -0.2) is 9.97 Å². The van der Waals surface area contributed by atoms with Gasteiger partial charge in [-0.05, 0) is 57.3 Å². The van der Waals surface area contributed by atoms with Gasteiger partial charge in [0.05, 0.1) is 38.6 Å². The Bertz CT molecular complexity index is 3620. The molecule has 0 bridgehead atoms. The predicted molar refractivity (Wildman–Crippen MR) is 229 cm³/mol. The van der Waals surface area contributed by atoms with Crippen LogP contribution in [0.25, 0.3) is 110 Å². The third kappa shape index (κ3) is 3.57. The van der Waals surface area contributed by atoms with Crippen LogP contribution in [-0.4, -0.2) is 18.9 Å². The van der Waals surface area contributed by atoms with Crippen molar-refractivity contribution < 1.29 is 0 Å². The van der Waals surface area contributed by atoms with E-state index in [0.717, 1.165) is 49.9 Å². The summed E-state index contributed by atoms with van der Waals surface area (Å²) in [6, 6.07) is 57.5. The van der Waals surface area contributed by atoms with E-state index in [4.69, 9.17) is 9.97 Å². The maximum absolute atomic E-state index is 5.71. The normalized spacial score (nSPS) is 13.8. The van der Waals surface area contributed by atoms with Crippen LogP contribution in [-0.2, 0) is 5.41 Å². The van der Waals surface area contributed by atoms with Gasteiger partial charge in [0.15, 0.2) is 5.82 Å². The number of rotatable bonds is 2. The Hall–Kier alpha value is -7.04. The number of hydrogen-bond donors (Lipinski definition) is 0. The Labute approximate surface area is 315 Å². The van der Waals surface area contributed by atoms with E-state index in [2.05, 4.69) is 181 Å². The summed E-state index contributed by atoms with van der Waals surface area (Å²) < 4.78 is 5.04. The molecular weight excluding hydrogens is 669 g/mol. The molecule has 8 aromatic carbocycles. The highest BCUT2D eigenvalue weighted by Gasteiger charge is 2.40. The molecule has 0 N–H and O–H groups in total. The van der Waals surface area contributed by atoms with E-state index in [0.29, 0.717) is 0 Å². The van der Waals surface area contributed by atoms with Crippen molar-refractivity contribution in [2.24, 2.45) is 0 Å². The zero-order chi connectivity index (χ0) is 36.2. The van der Waals surface area contributed by atoms with Crippen LogP contribution in [0.15, 0.2) is 158 Å². The zero-order valence-electron chi connectivity index (χ0n) is 30.3. The SMILES string of the molecule is CC1(C)c2ccccc2-c2cc3c4c5c(cccc5n3-c3nc5c(ccc6ccccc65)nc3-c3ccccc3)c3cccc5c6ccccc6n(c4c21)c35. The predicted octanol–water partition coefficient (Wildman–Crippen LogP) is 13.0. The molecule has 13 rings (SSSR count). The van der Waals surface area contributed by atoms with Crippen LogP contribution in [0, 0.1) is 0 Å². The van der Waals surface area contributed by atoms with E-state index in [1.807, 2.05) is 0 Å². The van der Waals surface area contributed by atoms with Crippen LogP contribution < -0.4 is 0 Å². The molecule has 0 atom stereocenters. The summed E-state index contributed by atoms with van der Waals surface area (Å²) in [5.74, 6) is 0.833. The summed E-state index contributed by atoms with van der Waals surface area (Å²) in [5, 5.41) is 9.79. The molecule has 4 aromatic heterocycles. The lowest BCUT2D eigenvalue weighted by Gasteiger charge is -2.23. The van der Waals surface area contributed by atoms with Gasteiger partial charge in [-0.2, -0.15) is 0 Å². The smallest absolute Gasteiger partial charge is 0.165 e. The van der Waals surface area contributed by atoms with Crippen molar-refractivity contribution >= 4 is 81.7 Å². The fourth-order valence-corrected chi connectivity index (χ4v) is 10.3. The highest BCUT2D eigenvalue weighted by atomic mass is 15.1. The minimum Gasteiger partial charge on any atom is -0.308 e. The molecule has 0 saturated heterocycles. The molecule has 1 aliphatic carbocycles. The topological polar surface area (TPSA) is 35.1 Å². The second-order valence-electron chi connectivity index (χ2n) is 15.7. The lowest BCUT2D eigenvalue weighted by atomic mass is 9.81. The van der Waals surface area contributed by atoms with Crippen molar-refractivity contribution in [3.05, 3.63) is 169 Å². The van der Waals surface area contributed by atoms with E-state index in [-0.39, 0.29) is 5.41 Å². The number of nitrogens with zero attached hydrogens (tertiary/aromatic N) is 4. The van der Waals surface area contributed by atoms with Crippen LogP contribution in [0.5, 0.6) is 0 Å². The summed E-state index contributed by atoms with van der Waals surface area (Å²) in [6.07, 6.45) is 0. The minimum absolute atomic E-state index is 0.243. The summed E-state index contributed by atoms with van der Waals surface area (Å²) in [6.45, 7) is 4.82. The van der Waals surface area contributed by atoms with Gasteiger partial charge >= 0.3 is 0 Å². The van der Waals surface area contributed by atoms with Crippen molar-refractivity contribution in [3.63, 3.8) is 0 Å². The molecule has 1 aliphatic rings. The molecular formula is C51H32N4. The van der Waals surface area contributed by atoms with Gasteiger partial charge < -0.3 is 4.40 Å². The van der Waals surface area contributed by atoms with E-state index in [1.54, 1.807) is 0 Å². The van der Waals surface area contributed by atoms with Crippen molar-refractivity contribution in [2.75, 3.05) is 0 Å². The molecule has 0 unspecified atom stereocenters. The third-order valence-electron chi connectivity index (χ3n) is 12.6. The summed E-state index contributed by atoms with van der Waals surface area (Å²) in [4.78, 5) is 11.2. The molecule has 4 heteroatoms. The molecule has 55 heavy (non-hydrogen) atoms. The second-order valence-corrected chi connectivity index (χ2v) is 15.7. The Kier molecular flexibility index (Phi) is 5.42. The summed E-state index contributed by atoms with van der Waals surface area (Å²) >= 11 is 0. The Morgan fingerprint density at radius 1 is 0.491 bits per heavy atom. The molecule has 4 nitrogen and oxygen atoms in total. The molecule has 0 radical (unpaired) electrons. The second kappa shape index (κ2) is 10.1. The van der Waals surface area contributed by atoms with Crippen LogP contribution in [0.4, 0.5) is 0 Å². The van der Waals surface area contributed by atoms with Crippen molar-refractivity contribution in [2.45, 2.75) is 19.3 Å². The highest BCUT2D eigenvalue weighted by Crippen LogP contribution is 2.55. The molecule has 256 valence electrons. The first kappa shape index (κ1) is 29.4. The van der Waals surface area contributed by atoms with Crippen LogP contribution in [0.2, 0.25) is 0 Å². The molecule has 12 aromatic rings. The minimum atomic E-state index is -0.243. The summed E-state index contributed by atoms with van der Waals surface area (Å²) in [7, 11) is 0. The maximum atomic E-state index is 5.71. The van der Waals surface area contributed by atoms with Gasteiger partial charge in [-0.1, -0.05) is 147 Å². The van der Waals surface area contributed by atoms with Crippen LogP contribution in [0.1, 0.15) is 25.0 Å². The van der Waals surface area contributed by atoms with E-state index < -0.39 is 0 Å². The van der Waals surface area contributed by atoms with Gasteiger partial charge in [0, 0.05) is 43.3 Å². The molecule has 4 heterocycles. The van der Waals surface area contributed by atoms with Gasteiger partial charge in [0.1, 0.15) is 5.69 Å². The zero-order valence-corrected chi connectivity index (χ0v) is 30.3. The van der Waals surface area contributed by atoms with E-state index in [9.17, 15) is 0 Å². The average Bonchev–Trinajstić information content (AvgIpc) is 3.79. The third-order valence-corrected chi connectivity index (χ3v) is 12.6. The van der Waals surface area contributed by atoms with Crippen molar-refractivity contribution in [3.8, 4) is 28.2 Å². The average molecular weight is 701 g/mol. The van der Waals surface area contributed by atoms with Gasteiger partial charge in [0.25, 0.3) is 0 Å². The monoisotopic (exact) mass is 700 g/mol. The van der Waals surface area contributed by atoms with E-state index in [1.165, 1.54) is 71.1 Å². The molecule has 0 amide bonds. The lowest BCUT2D eigenvalue weighted by molar-refractivity contribution is 0.664. The van der Waals surface area contributed by atoms with Crippen LogP contribution in [0.3, 0.4) is 0 Å². The largest absolute Gasteiger partial charge is 0.308 e. The number of hydrogen-bond acceptors (Lipinski definition) is 2. The first-order chi connectivity index (χ1) is 27.1. The van der Waals surface area contributed by atoms with Crippen LogP contribution >= 0.6 is 0 Å². The Morgan fingerprint density at radius 2 is 1.18 bits per heavy atom. The van der Waals surface area contributed by atoms with Gasteiger partial charge in [-0.15, -0.1) is 0 Å². The molecule has 0 spiro atoms. The number of para-hydroxylation sites is 2. The first-order valence-electron chi connectivity index (χ1n) is 19.1. The van der Waals surface area contributed by atoms with E-state index >= 15 is 0 Å². The maximum Gasteiger partial charge on any atom is 0.165 e. The number of aromatic nitrogens is 4. The summed E-state index contributed by atoms with van der Waals surface area (Å²) in [5.41, 5.74) is 14.8. The fourth-order valence-electron chi connectivity index (χ4n) is 10.3. The van der Waals surface area contributed by atoms with Gasteiger partial charge in [-0.3, -0.25) is 4.57 Å². The Morgan fingerprint density at radius 3 is 2.07 bits per heavy atom. The highest BCUT2D eigenvalue weighted by molar-refractivity contribution is 6.32. The first-order valence-corrected chi connectivity index (χ1v) is 19.1.